The van der Waals surface area contributed by atoms with E-state index in [0.29, 0.717) is 16.9 Å². The number of ketones is 1. The summed E-state index contributed by atoms with van der Waals surface area (Å²) in [5.41, 5.74) is 0.967. The maximum absolute atomic E-state index is 11.9. The molecular formula is C20H25Cl2NbO5-. The summed E-state index contributed by atoms with van der Waals surface area (Å²) in [7, 11) is 11.4. The van der Waals surface area contributed by atoms with Gasteiger partial charge in [-0.05, 0) is 49.8 Å². The zero-order valence-electron chi connectivity index (χ0n) is 16.0. The summed E-state index contributed by atoms with van der Waals surface area (Å²) in [5, 5.41) is 27.0. The van der Waals surface area contributed by atoms with Gasteiger partial charge in [-0.25, -0.2) is 0 Å². The third-order valence-electron chi connectivity index (χ3n) is 2.70. The van der Waals surface area contributed by atoms with E-state index in [1.165, 1.54) is 0 Å². The van der Waals surface area contributed by atoms with Gasteiger partial charge in [-0.15, -0.1) is 0 Å². The minimum absolute atomic E-state index is 0.250. The predicted octanol–water partition coefficient (Wildman–Crippen LogP) is 3.65. The van der Waals surface area contributed by atoms with Crippen molar-refractivity contribution in [1.82, 2.24) is 0 Å². The molecule has 0 saturated carbocycles. The average Bonchev–Trinajstić information content (AvgIpc) is 2.70. The Kier molecular flexibility index (Phi) is 21.1. The van der Waals surface area contributed by atoms with E-state index in [-0.39, 0.29) is 24.8 Å². The zero-order valence-corrected chi connectivity index (χ0v) is 19.7. The standard InChI is InChI=1S/C16H14O3.2C2H6O.2ClH.Nb/c1-19-14-9-7-13(8-10-14)16(18)11-15(17)12-5-3-2-4-6-12;2*1-2-3;;;/h2-11,17H,1H3;2*3H,2H2,1H3;2*1H;/q;;;;;+2/p-3/b15-11-;;;;;. The molecule has 0 aromatic heterocycles. The minimum atomic E-state index is -0.706. The van der Waals surface area contributed by atoms with Crippen LogP contribution < -0.4 is 9.84 Å². The Labute approximate surface area is 183 Å². The topological polar surface area (TPSA) is 89.8 Å². The normalized spacial score (nSPS) is 9.32. The number of aliphatic hydroxyl groups is 2. The first kappa shape index (κ1) is 28.9. The Morgan fingerprint density at radius 1 is 1.00 bits per heavy atom. The summed E-state index contributed by atoms with van der Waals surface area (Å²) >= 11 is -0.706. The fraction of sp³-hybridized carbons (Fsp3) is 0.250. The monoisotopic (exact) mass is 508 g/mol. The molecule has 0 unspecified atom stereocenters. The summed E-state index contributed by atoms with van der Waals surface area (Å²) in [6.45, 7) is 3.86. The van der Waals surface area contributed by atoms with Crippen molar-refractivity contribution in [3.05, 3.63) is 71.8 Å². The van der Waals surface area contributed by atoms with Gasteiger partial charge >= 0.3 is 36.0 Å². The Bertz CT molecular complexity index is 645. The number of halogens is 2. The molecule has 0 radical (unpaired) electrons. The Hall–Kier alpha value is -1.31. The summed E-state index contributed by atoms with van der Waals surface area (Å²) in [6, 6.07) is 15.4. The maximum atomic E-state index is 11.9. The van der Waals surface area contributed by atoms with E-state index in [4.69, 9.17) is 33.3 Å². The second-order valence-electron chi connectivity index (χ2n) is 4.66. The van der Waals surface area contributed by atoms with E-state index >= 15 is 0 Å². The molecule has 2 N–H and O–H groups in total. The molecule has 0 aliphatic rings. The van der Waals surface area contributed by atoms with Crippen LogP contribution in [0.4, 0.5) is 0 Å². The van der Waals surface area contributed by atoms with Crippen LogP contribution in [0.25, 0.3) is 5.76 Å². The van der Waals surface area contributed by atoms with Gasteiger partial charge < -0.3 is 20.1 Å². The molecule has 8 heteroatoms. The molecular weight excluding hydrogens is 484 g/mol. The molecule has 2 aromatic carbocycles. The summed E-state index contributed by atoms with van der Waals surface area (Å²) in [6.07, 6.45) is 1.11. The van der Waals surface area contributed by atoms with Crippen LogP contribution in [0.3, 0.4) is 0 Å². The van der Waals surface area contributed by atoms with E-state index in [1.54, 1.807) is 69.5 Å². The van der Waals surface area contributed by atoms with Crippen LogP contribution in [0, 0.1) is 0 Å². The van der Waals surface area contributed by atoms with Crippen LogP contribution in [-0.2, 0) is 17.6 Å². The zero-order chi connectivity index (χ0) is 21.8. The van der Waals surface area contributed by atoms with E-state index < -0.39 is 17.6 Å². The number of aliphatic hydroxyl groups excluding tert-OH is 2. The van der Waals surface area contributed by atoms with Gasteiger partial charge in [0.25, 0.3) is 0 Å². The van der Waals surface area contributed by atoms with E-state index in [0.717, 1.165) is 6.08 Å². The molecule has 0 aliphatic heterocycles. The van der Waals surface area contributed by atoms with Crippen LogP contribution in [0.2, 0.25) is 0 Å². The first-order valence-electron chi connectivity index (χ1n) is 8.21. The predicted molar refractivity (Wildman–Crippen MR) is 109 cm³/mol. The van der Waals surface area contributed by atoms with Gasteiger partial charge in [0.2, 0.25) is 0 Å². The van der Waals surface area contributed by atoms with Crippen LogP contribution in [0.15, 0.2) is 60.7 Å². The fourth-order valence-electron chi connectivity index (χ4n) is 1.64. The van der Waals surface area contributed by atoms with Gasteiger partial charge in [-0.2, -0.15) is 0 Å². The first-order chi connectivity index (χ1) is 13.4. The molecule has 0 aliphatic carbocycles. The van der Waals surface area contributed by atoms with Crippen LogP contribution in [0.1, 0.15) is 29.8 Å². The van der Waals surface area contributed by atoms with Crippen molar-refractivity contribution in [3.63, 3.8) is 0 Å². The van der Waals surface area contributed by atoms with Crippen molar-refractivity contribution in [2.75, 3.05) is 20.3 Å². The van der Waals surface area contributed by atoms with Gasteiger partial charge in [0.15, 0.2) is 5.78 Å². The van der Waals surface area contributed by atoms with Crippen molar-refractivity contribution in [1.29, 1.82) is 0 Å². The number of hydrogen-bond donors (Lipinski definition) is 2. The van der Waals surface area contributed by atoms with Crippen molar-refractivity contribution in [2.24, 2.45) is 0 Å². The second-order valence-corrected chi connectivity index (χ2v) is 8.00. The van der Waals surface area contributed by atoms with Crippen LogP contribution in [0.5, 0.6) is 5.75 Å². The molecule has 28 heavy (non-hydrogen) atoms. The average molecular weight is 509 g/mol. The van der Waals surface area contributed by atoms with Crippen molar-refractivity contribution in [2.45, 2.75) is 13.8 Å². The third kappa shape index (κ3) is 14.7. The van der Waals surface area contributed by atoms with Gasteiger partial charge in [0.1, 0.15) is 5.75 Å². The molecule has 0 amide bonds. The number of rotatable bonds is 4. The van der Waals surface area contributed by atoms with Gasteiger partial charge in [0.05, 0.1) is 7.11 Å². The van der Waals surface area contributed by atoms with E-state index in [9.17, 15) is 9.90 Å². The van der Waals surface area contributed by atoms with Gasteiger partial charge in [0, 0.05) is 18.8 Å². The number of benzene rings is 2. The fourth-order valence-corrected chi connectivity index (χ4v) is 1.64. The van der Waals surface area contributed by atoms with Crippen molar-refractivity contribution >= 4 is 29.9 Å². The molecule has 0 bridgehead atoms. The molecule has 5 nitrogen and oxygen atoms in total. The molecule has 2 aromatic rings. The van der Waals surface area contributed by atoms with Crippen molar-refractivity contribution in [3.8, 4) is 5.75 Å². The summed E-state index contributed by atoms with van der Waals surface area (Å²) in [5.74, 6) is 0.0730. The number of allylic oxidation sites excluding steroid dienone is 1. The Morgan fingerprint density at radius 3 is 1.82 bits per heavy atom. The number of methoxy groups -OCH3 is 1. The molecule has 0 saturated heterocycles. The molecule has 0 fully saturated rings. The first-order valence-corrected chi connectivity index (χ1v) is 13.9. The summed E-state index contributed by atoms with van der Waals surface area (Å²) < 4.78 is 5.01. The Morgan fingerprint density at radius 2 is 1.43 bits per heavy atom. The van der Waals surface area contributed by atoms with Gasteiger partial charge in [-0.1, -0.05) is 36.1 Å². The number of ether oxygens (including phenoxy) is 1. The molecule has 0 heterocycles. The molecule has 155 valence electrons. The number of carbonyl (C=O) groups excluding carboxylic acids is 1. The number of carbonyl (C=O) groups is 1. The second kappa shape index (κ2) is 20.4. The van der Waals surface area contributed by atoms with Crippen LogP contribution >= 0.6 is 18.4 Å². The van der Waals surface area contributed by atoms with Crippen molar-refractivity contribution < 1.29 is 42.4 Å². The Balaban J connectivity index is 0. The van der Waals surface area contributed by atoms with E-state index in [2.05, 4.69) is 0 Å². The van der Waals surface area contributed by atoms with E-state index in [1.807, 2.05) is 6.07 Å². The van der Waals surface area contributed by atoms with Crippen LogP contribution in [-0.4, -0.2) is 36.3 Å². The SMILES string of the molecule is CCO.CCO.COc1ccc(C(=O)/C=C(\[O-])c2ccccc2)cc1.[Cl][Nb][Cl]. The molecule has 0 spiro atoms. The van der Waals surface area contributed by atoms with Gasteiger partial charge in [-0.3, -0.25) is 4.79 Å². The summed E-state index contributed by atoms with van der Waals surface area (Å²) in [4.78, 5) is 11.9. The third-order valence-corrected chi connectivity index (χ3v) is 2.70. The molecule has 0 atom stereocenters. The quantitative estimate of drug-likeness (QED) is 0.285. The number of hydrogen-bond acceptors (Lipinski definition) is 5. The molecule has 2 rings (SSSR count).